The standard InChI is InChI=1S/C15H15N5/c1-11(12-2-5-17-6-3-12)20-10-18-9-14(20)13-4-7-19-15(16)8-13/h2-11H,1H3,(H2,16,19). The van der Waals surface area contributed by atoms with E-state index in [1.807, 2.05) is 36.8 Å². The van der Waals surface area contributed by atoms with Crippen LogP contribution in [0.3, 0.4) is 0 Å². The summed E-state index contributed by atoms with van der Waals surface area (Å²) in [7, 11) is 0. The van der Waals surface area contributed by atoms with E-state index in [0.717, 1.165) is 11.3 Å². The van der Waals surface area contributed by atoms with E-state index in [4.69, 9.17) is 5.73 Å². The van der Waals surface area contributed by atoms with Crippen LogP contribution in [0.15, 0.2) is 55.4 Å². The van der Waals surface area contributed by atoms with Crippen LogP contribution >= 0.6 is 0 Å². The minimum atomic E-state index is 0.171. The molecule has 2 N–H and O–H groups in total. The Morgan fingerprint density at radius 3 is 2.65 bits per heavy atom. The molecule has 0 amide bonds. The molecule has 0 fully saturated rings. The normalized spacial score (nSPS) is 12.2. The van der Waals surface area contributed by atoms with Crippen LogP contribution in [-0.4, -0.2) is 19.5 Å². The molecule has 0 saturated carbocycles. The molecule has 3 aromatic rings. The molecule has 3 heterocycles. The van der Waals surface area contributed by atoms with E-state index in [-0.39, 0.29) is 6.04 Å². The van der Waals surface area contributed by atoms with Crippen LogP contribution in [0, 0.1) is 0 Å². The van der Waals surface area contributed by atoms with Gasteiger partial charge in [0.2, 0.25) is 0 Å². The zero-order valence-corrected chi connectivity index (χ0v) is 11.1. The summed E-state index contributed by atoms with van der Waals surface area (Å²) in [5.41, 5.74) is 8.96. The molecule has 1 unspecified atom stereocenters. The average molecular weight is 265 g/mol. The summed E-state index contributed by atoms with van der Waals surface area (Å²) in [6.45, 7) is 2.13. The Hall–Kier alpha value is -2.69. The van der Waals surface area contributed by atoms with Crippen molar-refractivity contribution in [3.05, 3.63) is 60.9 Å². The largest absolute Gasteiger partial charge is 0.384 e. The third-order valence-electron chi connectivity index (χ3n) is 3.35. The van der Waals surface area contributed by atoms with Gasteiger partial charge >= 0.3 is 0 Å². The second kappa shape index (κ2) is 5.13. The smallest absolute Gasteiger partial charge is 0.123 e. The molecule has 0 aliphatic heterocycles. The quantitative estimate of drug-likeness (QED) is 0.790. The highest BCUT2D eigenvalue weighted by Gasteiger charge is 2.13. The van der Waals surface area contributed by atoms with Crippen molar-refractivity contribution < 1.29 is 0 Å². The summed E-state index contributed by atoms with van der Waals surface area (Å²) >= 11 is 0. The second-order valence-electron chi connectivity index (χ2n) is 4.61. The Labute approximate surface area is 117 Å². The van der Waals surface area contributed by atoms with Crippen LogP contribution in [0.4, 0.5) is 5.82 Å². The summed E-state index contributed by atoms with van der Waals surface area (Å²) in [4.78, 5) is 12.3. The summed E-state index contributed by atoms with van der Waals surface area (Å²) in [5.74, 6) is 0.506. The lowest BCUT2D eigenvalue weighted by molar-refractivity contribution is 0.643. The van der Waals surface area contributed by atoms with Gasteiger partial charge in [0, 0.05) is 24.2 Å². The number of aromatic nitrogens is 4. The molecule has 0 radical (unpaired) electrons. The minimum Gasteiger partial charge on any atom is -0.384 e. The third-order valence-corrected chi connectivity index (χ3v) is 3.35. The Bertz CT molecular complexity index is 705. The highest BCUT2D eigenvalue weighted by molar-refractivity contribution is 5.62. The number of nitrogens with two attached hydrogens (primary N) is 1. The van der Waals surface area contributed by atoms with Crippen molar-refractivity contribution in [2.45, 2.75) is 13.0 Å². The summed E-state index contributed by atoms with van der Waals surface area (Å²) in [6.07, 6.45) is 8.97. The minimum absolute atomic E-state index is 0.171. The number of nitrogen functional groups attached to an aromatic ring is 1. The van der Waals surface area contributed by atoms with Crippen molar-refractivity contribution in [1.29, 1.82) is 0 Å². The first kappa shape index (κ1) is 12.3. The average Bonchev–Trinajstić information content (AvgIpc) is 2.97. The zero-order chi connectivity index (χ0) is 13.9. The number of nitrogens with zero attached hydrogens (tertiary/aromatic N) is 4. The van der Waals surface area contributed by atoms with Gasteiger partial charge in [-0.3, -0.25) is 4.98 Å². The Morgan fingerprint density at radius 2 is 1.90 bits per heavy atom. The molecule has 3 rings (SSSR count). The predicted octanol–water partition coefficient (Wildman–Crippen LogP) is 2.53. The molecule has 0 aromatic carbocycles. The molecular weight excluding hydrogens is 250 g/mol. The molecule has 3 aromatic heterocycles. The van der Waals surface area contributed by atoms with Gasteiger partial charge in [0.15, 0.2) is 0 Å². The molecule has 100 valence electrons. The van der Waals surface area contributed by atoms with Gasteiger partial charge in [-0.05, 0) is 36.8 Å². The molecular formula is C15H15N5. The fraction of sp³-hybridized carbons (Fsp3) is 0.133. The molecule has 20 heavy (non-hydrogen) atoms. The lowest BCUT2D eigenvalue weighted by Gasteiger charge is -2.17. The van der Waals surface area contributed by atoms with E-state index < -0.39 is 0 Å². The fourth-order valence-corrected chi connectivity index (χ4v) is 2.25. The van der Waals surface area contributed by atoms with E-state index in [1.165, 1.54) is 5.56 Å². The van der Waals surface area contributed by atoms with Gasteiger partial charge in [0.1, 0.15) is 5.82 Å². The van der Waals surface area contributed by atoms with E-state index in [2.05, 4.69) is 26.4 Å². The van der Waals surface area contributed by atoms with E-state index in [0.29, 0.717) is 5.82 Å². The van der Waals surface area contributed by atoms with Crippen LogP contribution < -0.4 is 5.73 Å². The molecule has 0 aliphatic rings. The highest BCUT2D eigenvalue weighted by Crippen LogP contribution is 2.26. The molecule has 5 heteroatoms. The van der Waals surface area contributed by atoms with Gasteiger partial charge < -0.3 is 10.3 Å². The van der Waals surface area contributed by atoms with Crippen LogP contribution in [-0.2, 0) is 0 Å². The highest BCUT2D eigenvalue weighted by atomic mass is 15.1. The van der Waals surface area contributed by atoms with Gasteiger partial charge in [-0.15, -0.1) is 0 Å². The van der Waals surface area contributed by atoms with E-state index in [1.54, 1.807) is 18.6 Å². The van der Waals surface area contributed by atoms with Crippen molar-refractivity contribution in [2.24, 2.45) is 0 Å². The number of rotatable bonds is 3. The Kier molecular flexibility index (Phi) is 3.16. The first-order chi connectivity index (χ1) is 9.75. The first-order valence-corrected chi connectivity index (χ1v) is 6.39. The molecule has 0 saturated heterocycles. The number of hydrogen-bond donors (Lipinski definition) is 1. The predicted molar refractivity (Wildman–Crippen MR) is 77.9 cm³/mol. The van der Waals surface area contributed by atoms with E-state index >= 15 is 0 Å². The van der Waals surface area contributed by atoms with Gasteiger partial charge in [0.25, 0.3) is 0 Å². The first-order valence-electron chi connectivity index (χ1n) is 6.39. The maximum absolute atomic E-state index is 5.75. The van der Waals surface area contributed by atoms with Gasteiger partial charge in [-0.2, -0.15) is 0 Å². The summed E-state index contributed by atoms with van der Waals surface area (Å²) < 4.78 is 2.12. The maximum atomic E-state index is 5.75. The van der Waals surface area contributed by atoms with E-state index in [9.17, 15) is 0 Å². The summed E-state index contributed by atoms with van der Waals surface area (Å²) in [5, 5.41) is 0. The van der Waals surface area contributed by atoms with Crippen molar-refractivity contribution >= 4 is 5.82 Å². The van der Waals surface area contributed by atoms with Crippen LogP contribution in [0.5, 0.6) is 0 Å². The van der Waals surface area contributed by atoms with Crippen molar-refractivity contribution in [3.8, 4) is 11.3 Å². The van der Waals surface area contributed by atoms with Crippen LogP contribution in [0.2, 0.25) is 0 Å². The number of hydrogen-bond acceptors (Lipinski definition) is 4. The Balaban J connectivity index is 2.03. The third kappa shape index (κ3) is 2.25. The molecule has 0 aliphatic carbocycles. The monoisotopic (exact) mass is 265 g/mol. The van der Waals surface area contributed by atoms with Crippen molar-refractivity contribution in [1.82, 2.24) is 19.5 Å². The summed E-state index contributed by atoms with van der Waals surface area (Å²) in [6, 6.07) is 7.98. The van der Waals surface area contributed by atoms with Crippen LogP contribution in [0.1, 0.15) is 18.5 Å². The molecule has 5 nitrogen and oxygen atoms in total. The van der Waals surface area contributed by atoms with Crippen molar-refractivity contribution in [2.75, 3.05) is 5.73 Å². The SMILES string of the molecule is CC(c1ccncc1)n1cncc1-c1ccnc(N)c1. The lowest BCUT2D eigenvalue weighted by atomic mass is 10.1. The van der Waals surface area contributed by atoms with Crippen LogP contribution in [0.25, 0.3) is 11.3 Å². The second-order valence-corrected chi connectivity index (χ2v) is 4.61. The Morgan fingerprint density at radius 1 is 1.10 bits per heavy atom. The van der Waals surface area contributed by atoms with Crippen molar-refractivity contribution in [3.63, 3.8) is 0 Å². The van der Waals surface area contributed by atoms with Gasteiger partial charge in [-0.1, -0.05) is 0 Å². The molecule has 0 bridgehead atoms. The zero-order valence-electron chi connectivity index (χ0n) is 11.1. The van der Waals surface area contributed by atoms with Gasteiger partial charge in [0.05, 0.1) is 24.3 Å². The maximum Gasteiger partial charge on any atom is 0.123 e. The molecule has 1 atom stereocenters. The topological polar surface area (TPSA) is 69.6 Å². The number of anilines is 1. The number of imidazole rings is 1. The number of pyridine rings is 2. The fourth-order valence-electron chi connectivity index (χ4n) is 2.25. The molecule has 0 spiro atoms. The lowest BCUT2D eigenvalue weighted by Crippen LogP contribution is -2.07. The van der Waals surface area contributed by atoms with Gasteiger partial charge in [-0.25, -0.2) is 9.97 Å².